The fourth-order valence-electron chi connectivity index (χ4n) is 6.82. The monoisotopic (exact) mass is 933 g/mol. The Morgan fingerprint density at radius 1 is 0.534 bits per heavy atom. The lowest BCUT2D eigenvalue weighted by atomic mass is 9.99. The van der Waals surface area contributed by atoms with Gasteiger partial charge in [-0.3, -0.25) is 4.57 Å². The van der Waals surface area contributed by atoms with Crippen molar-refractivity contribution in [2.45, 2.75) is 193 Å². The van der Waals surface area contributed by atoms with Crippen molar-refractivity contribution in [3.05, 3.63) is 12.7 Å². The van der Waals surface area contributed by atoms with Gasteiger partial charge in [0, 0.05) is 0 Å². The summed E-state index contributed by atoms with van der Waals surface area (Å²) < 4.78 is 65.4. The fourth-order valence-corrected chi connectivity index (χ4v) is 13.4. The minimum Gasteiger partial charge on any atom is -0.415 e. The molecule has 334 valence electrons. The number of rotatable bonds is 19. The average molecular weight is 935 g/mol. The van der Waals surface area contributed by atoms with Gasteiger partial charge in [0.15, 0.2) is 68.1 Å². The Balaban J connectivity index is 1.90. The van der Waals surface area contributed by atoms with Crippen LogP contribution in [0.3, 0.4) is 0 Å². The summed E-state index contributed by atoms with van der Waals surface area (Å²) in [4.78, 5) is 17.8. The molecule has 2 aliphatic heterocycles. The Morgan fingerprint density at radius 2 is 1.00 bits per heavy atom. The van der Waals surface area contributed by atoms with E-state index in [4.69, 9.17) is 50.7 Å². The van der Waals surface area contributed by atoms with Gasteiger partial charge in [0.05, 0.1) is 19.5 Å². The number of aromatic nitrogens is 4. The van der Waals surface area contributed by atoms with Gasteiger partial charge in [-0.1, -0.05) is 19.6 Å². The van der Waals surface area contributed by atoms with Crippen molar-refractivity contribution in [3.63, 3.8) is 0 Å². The smallest absolute Gasteiger partial charge is 0.186 e. The molecule has 0 aromatic carbocycles. The zero-order valence-corrected chi connectivity index (χ0v) is 46.7. The van der Waals surface area contributed by atoms with E-state index < -0.39 is 113 Å². The second-order valence-corrected chi connectivity index (χ2v) is 54.4. The first-order valence-corrected chi connectivity index (χ1v) is 44.9. The van der Waals surface area contributed by atoms with E-state index in [0.717, 1.165) is 0 Å². The maximum atomic E-state index is 7.42. The predicted octanol–water partition coefficient (Wildman–Crippen LogP) is 8.66. The topological polar surface area (TPSA) is 139 Å². The fraction of sp³-hybridized carbons (Fsp3) is 0.865. The zero-order valence-electron chi connectivity index (χ0n) is 39.7. The van der Waals surface area contributed by atoms with Crippen LogP contribution in [-0.4, -0.2) is 140 Å². The lowest BCUT2D eigenvalue weighted by Gasteiger charge is -2.51. The molecular formula is C37H79N5O9Si7. The quantitative estimate of drug-likeness (QED) is 0.135. The summed E-state index contributed by atoms with van der Waals surface area (Å²) >= 11 is 0. The highest BCUT2D eigenvalue weighted by atomic mass is 28.4. The van der Waals surface area contributed by atoms with Crippen molar-refractivity contribution in [2.24, 2.45) is 0 Å². The van der Waals surface area contributed by atoms with Crippen LogP contribution in [0.2, 0.25) is 137 Å². The molecule has 0 bridgehead atoms. The molecule has 0 spiro atoms. The molecule has 4 rings (SSSR count). The van der Waals surface area contributed by atoms with Crippen LogP contribution in [0.25, 0.3) is 11.2 Å². The molecule has 2 fully saturated rings. The highest BCUT2D eigenvalue weighted by Crippen LogP contribution is 2.41. The lowest BCUT2D eigenvalue weighted by molar-refractivity contribution is -0.308. The number of hydrogen-bond donors (Lipinski definition) is 1. The van der Waals surface area contributed by atoms with Crippen molar-refractivity contribution in [1.82, 2.24) is 19.5 Å². The molecule has 0 saturated carbocycles. The van der Waals surface area contributed by atoms with Gasteiger partial charge in [0.2, 0.25) is 0 Å². The third kappa shape index (κ3) is 15.4. The van der Waals surface area contributed by atoms with Crippen LogP contribution in [0.15, 0.2) is 12.7 Å². The SMILES string of the molecule is C[Si](C)(C)Nc1ncnc2c1ncn2[C@@H]1O[C@H](CO[Si](C)(C)C)[C@@H](O[C@H]2O[C@H](CO[Si](C)(C)C)[C@@H](O[Si](C)(C)C)[C@H](O[Si](C)(C)C)[C@H]2O[Si](C)(C)C)[C@H]1O[Si](C)(C)C. The highest BCUT2D eigenvalue weighted by Gasteiger charge is 2.56. The molecule has 0 aliphatic carbocycles. The Morgan fingerprint density at radius 3 is 1.48 bits per heavy atom. The standard InChI is InChI=1S/C37H79N5O9Si7/c1-52(2,3)41-34-28-35(39-24-38-34)42(25-40-28)36-32(50-57(16,17)18)29(26(45-36)22-43-53(4,5)6)47-37-33(51-58(19,20)21)31(49-56(13,14)15)30(48-55(10,11)12)27(46-37)23-44-54(7,8)9/h24-27,29-33,36-37H,22-23H2,1-21H3,(H,38,39,41)/t26-,27-,29-,30-,31+,32-,33-,36-,37-/m1/s1. The maximum absolute atomic E-state index is 7.42. The second kappa shape index (κ2) is 18.3. The second-order valence-electron chi connectivity index (χ2n) is 22.8. The van der Waals surface area contributed by atoms with Crippen molar-refractivity contribution in [1.29, 1.82) is 0 Å². The molecule has 2 saturated heterocycles. The minimum atomic E-state index is -2.25. The lowest BCUT2D eigenvalue weighted by Crippen LogP contribution is -2.67. The molecule has 0 radical (unpaired) electrons. The summed E-state index contributed by atoms with van der Waals surface area (Å²) in [5.74, 6) is 0.715. The molecule has 58 heavy (non-hydrogen) atoms. The molecule has 4 heterocycles. The van der Waals surface area contributed by atoms with E-state index in [1.54, 1.807) is 12.7 Å². The Kier molecular flexibility index (Phi) is 15.8. The zero-order chi connectivity index (χ0) is 44.0. The first-order valence-electron chi connectivity index (χ1n) is 21.0. The summed E-state index contributed by atoms with van der Waals surface area (Å²) in [7, 11) is -14.5. The van der Waals surface area contributed by atoms with Gasteiger partial charge < -0.3 is 45.7 Å². The molecule has 21 heteroatoms. The van der Waals surface area contributed by atoms with Crippen LogP contribution in [0.1, 0.15) is 6.23 Å². The first-order chi connectivity index (χ1) is 26.1. The van der Waals surface area contributed by atoms with E-state index in [0.29, 0.717) is 30.2 Å². The maximum Gasteiger partial charge on any atom is 0.186 e. The van der Waals surface area contributed by atoms with Gasteiger partial charge >= 0.3 is 0 Å². The van der Waals surface area contributed by atoms with Gasteiger partial charge in [0.1, 0.15) is 68.6 Å². The molecule has 2 aromatic heterocycles. The Labute approximate surface area is 357 Å². The van der Waals surface area contributed by atoms with Gasteiger partial charge in [-0.2, -0.15) is 0 Å². The molecular weight excluding hydrogens is 855 g/mol. The molecule has 2 aromatic rings. The van der Waals surface area contributed by atoms with Crippen LogP contribution in [0, 0.1) is 0 Å². The third-order valence-corrected chi connectivity index (χ3v) is 15.6. The summed E-state index contributed by atoms with van der Waals surface area (Å²) in [5.41, 5.74) is 1.34. The van der Waals surface area contributed by atoms with Crippen molar-refractivity contribution < 1.29 is 40.8 Å². The third-order valence-electron chi connectivity index (χ3n) is 8.61. The summed E-state index contributed by atoms with van der Waals surface area (Å²) in [6.45, 7) is 46.9. The van der Waals surface area contributed by atoms with Crippen LogP contribution in [-0.2, 0) is 40.8 Å². The molecule has 0 amide bonds. The Bertz CT molecular complexity index is 1650. The summed E-state index contributed by atoms with van der Waals surface area (Å²) in [6, 6.07) is 0. The van der Waals surface area contributed by atoms with Crippen LogP contribution >= 0.6 is 0 Å². The largest absolute Gasteiger partial charge is 0.415 e. The minimum absolute atomic E-state index is 0.317. The summed E-state index contributed by atoms with van der Waals surface area (Å²) in [5, 5.41) is 0. The van der Waals surface area contributed by atoms with Crippen molar-refractivity contribution in [2.75, 3.05) is 18.2 Å². The Hall–Kier alpha value is -0.492. The van der Waals surface area contributed by atoms with Gasteiger partial charge in [-0.15, -0.1) is 0 Å². The highest BCUT2D eigenvalue weighted by molar-refractivity contribution is 6.79. The summed E-state index contributed by atoms with van der Waals surface area (Å²) in [6.07, 6.45) is -1.76. The van der Waals surface area contributed by atoms with E-state index in [9.17, 15) is 0 Å². The predicted molar refractivity (Wildman–Crippen MR) is 251 cm³/mol. The van der Waals surface area contributed by atoms with Gasteiger partial charge in [-0.05, 0) is 118 Å². The van der Waals surface area contributed by atoms with Crippen LogP contribution in [0.5, 0.6) is 0 Å². The van der Waals surface area contributed by atoms with Crippen molar-refractivity contribution >= 4 is 75.1 Å². The first kappa shape index (κ1) is 50.2. The molecule has 14 nitrogen and oxygen atoms in total. The molecule has 2 aliphatic rings. The van der Waals surface area contributed by atoms with Crippen molar-refractivity contribution in [3.8, 4) is 0 Å². The van der Waals surface area contributed by atoms with Gasteiger partial charge in [0.25, 0.3) is 0 Å². The number of anilines is 1. The van der Waals surface area contributed by atoms with Crippen LogP contribution in [0.4, 0.5) is 5.82 Å². The normalized spacial score (nSPS) is 28.4. The van der Waals surface area contributed by atoms with E-state index >= 15 is 0 Å². The molecule has 0 unspecified atom stereocenters. The average Bonchev–Trinajstić information content (AvgIpc) is 3.55. The van der Waals surface area contributed by atoms with Crippen LogP contribution < -0.4 is 4.98 Å². The number of nitrogens with zero attached hydrogens (tertiary/aromatic N) is 4. The van der Waals surface area contributed by atoms with Gasteiger partial charge in [-0.25, -0.2) is 15.0 Å². The van der Waals surface area contributed by atoms with E-state index in [2.05, 4.69) is 147 Å². The number of ether oxygens (including phenoxy) is 3. The van der Waals surface area contributed by atoms with E-state index in [-0.39, 0.29) is 0 Å². The number of imidazole rings is 1. The van der Waals surface area contributed by atoms with E-state index in [1.807, 2.05) is 4.57 Å². The number of nitrogens with one attached hydrogen (secondary N) is 1. The number of fused-ring (bicyclic) bond motifs is 1. The van der Waals surface area contributed by atoms with E-state index in [1.165, 1.54) is 0 Å². The number of hydrogen-bond acceptors (Lipinski definition) is 13. The molecule has 9 atom stereocenters. The molecule has 1 N–H and O–H groups in total.